The molecular formula is C23H35N3O. The maximum atomic E-state index is 10.7. The Labute approximate surface area is 164 Å². The molecule has 0 aromatic carbocycles. The molecule has 0 fully saturated rings. The molecule has 2 heterocycles. The topological polar surface area (TPSA) is 38.1 Å². The van der Waals surface area contributed by atoms with Gasteiger partial charge in [-0.15, -0.1) is 0 Å². The molecular weight excluding hydrogens is 334 g/mol. The summed E-state index contributed by atoms with van der Waals surface area (Å²) >= 11 is 0. The highest BCUT2D eigenvalue weighted by atomic mass is 16.1. The normalized spacial score (nSPS) is 13.9. The maximum absolute atomic E-state index is 10.7. The van der Waals surface area contributed by atoms with Gasteiger partial charge in [0.25, 0.3) is 0 Å². The van der Waals surface area contributed by atoms with E-state index >= 15 is 0 Å². The summed E-state index contributed by atoms with van der Waals surface area (Å²) in [5, 5.41) is 0. The summed E-state index contributed by atoms with van der Waals surface area (Å²) in [7, 11) is 0. The predicted octanol–water partition coefficient (Wildman–Crippen LogP) is 4.95. The van der Waals surface area contributed by atoms with Gasteiger partial charge in [0.1, 0.15) is 12.1 Å². The van der Waals surface area contributed by atoms with Crippen molar-refractivity contribution in [3.63, 3.8) is 0 Å². The average molecular weight is 370 g/mol. The molecule has 0 aliphatic carbocycles. The summed E-state index contributed by atoms with van der Waals surface area (Å²) in [6, 6.07) is 0. The average Bonchev–Trinajstić information content (AvgIpc) is 2.85. The molecule has 4 nitrogen and oxygen atoms in total. The number of carbonyl (C=O) groups is 1. The molecule has 0 spiro atoms. The van der Waals surface area contributed by atoms with Gasteiger partial charge in [-0.3, -0.25) is 9.69 Å². The number of aromatic nitrogens is 2. The van der Waals surface area contributed by atoms with Gasteiger partial charge in [0.2, 0.25) is 0 Å². The van der Waals surface area contributed by atoms with Crippen molar-refractivity contribution >= 4 is 12.4 Å². The third kappa shape index (κ3) is 6.31. The number of carbonyl (C=O) groups excluding carboxylic acids is 1. The van der Waals surface area contributed by atoms with Gasteiger partial charge in [0.15, 0.2) is 0 Å². The van der Waals surface area contributed by atoms with E-state index in [1.54, 1.807) is 6.08 Å². The van der Waals surface area contributed by atoms with Gasteiger partial charge in [-0.25, -0.2) is 4.98 Å². The number of nitrogens with zero attached hydrogens (tertiary/aromatic N) is 3. The van der Waals surface area contributed by atoms with Crippen molar-refractivity contribution in [3.05, 3.63) is 47.1 Å². The summed E-state index contributed by atoms with van der Waals surface area (Å²) in [5.74, 6) is 1.01. The van der Waals surface area contributed by atoms with E-state index in [1.165, 1.54) is 43.5 Å². The standard InChI is InChI=1S/C23H35N3O/c1-4-7-13-21-22(19-25(14-6-3)15-8-5-2)26-16-9-11-20(12-10-17-27)18-23(26)24-21/h9-12,17-18H,4-8,13-16,19H2,1-3H3/b12-10+. The highest BCUT2D eigenvalue weighted by Gasteiger charge is 2.18. The first-order valence-corrected chi connectivity index (χ1v) is 10.5. The van der Waals surface area contributed by atoms with Gasteiger partial charge in [-0.2, -0.15) is 0 Å². The minimum Gasteiger partial charge on any atom is -0.323 e. The van der Waals surface area contributed by atoms with Crippen LogP contribution >= 0.6 is 0 Å². The van der Waals surface area contributed by atoms with E-state index in [0.717, 1.165) is 50.3 Å². The lowest BCUT2D eigenvalue weighted by Crippen LogP contribution is -2.27. The Kier molecular flexibility index (Phi) is 9.26. The van der Waals surface area contributed by atoms with Gasteiger partial charge in [-0.05, 0) is 56.5 Å². The molecule has 0 saturated carbocycles. The van der Waals surface area contributed by atoms with Crippen LogP contribution in [0.4, 0.5) is 0 Å². The summed E-state index contributed by atoms with van der Waals surface area (Å²) in [6.45, 7) is 10.8. The van der Waals surface area contributed by atoms with Gasteiger partial charge in [-0.1, -0.05) is 51.8 Å². The zero-order valence-electron chi connectivity index (χ0n) is 17.3. The van der Waals surface area contributed by atoms with Crippen molar-refractivity contribution in [1.29, 1.82) is 0 Å². The Balaban J connectivity index is 2.35. The SMILES string of the molecule is CCCCc1nc2n(c1CN(CCC)CCCC)CC=CC(/C=C/C=O)=C2. The monoisotopic (exact) mass is 369 g/mol. The lowest BCUT2D eigenvalue weighted by Gasteiger charge is -2.23. The van der Waals surface area contributed by atoms with Gasteiger partial charge in [0.05, 0.1) is 11.4 Å². The van der Waals surface area contributed by atoms with Crippen LogP contribution in [0.15, 0.2) is 29.9 Å². The number of imidazole rings is 1. The van der Waals surface area contributed by atoms with Crippen LogP contribution in [0, 0.1) is 0 Å². The van der Waals surface area contributed by atoms with Gasteiger partial charge < -0.3 is 4.57 Å². The molecule has 0 atom stereocenters. The van der Waals surface area contributed by atoms with Crippen LogP contribution < -0.4 is 0 Å². The summed E-state index contributed by atoms with van der Waals surface area (Å²) in [5.41, 5.74) is 3.63. The summed E-state index contributed by atoms with van der Waals surface area (Å²) in [4.78, 5) is 18.2. The van der Waals surface area contributed by atoms with Crippen molar-refractivity contribution in [2.75, 3.05) is 13.1 Å². The fraction of sp³-hybridized carbons (Fsp3) is 0.565. The van der Waals surface area contributed by atoms with Crippen LogP contribution in [-0.2, 0) is 24.3 Å². The van der Waals surface area contributed by atoms with Gasteiger partial charge in [0, 0.05) is 13.1 Å². The third-order valence-corrected chi connectivity index (χ3v) is 4.95. The van der Waals surface area contributed by atoms with Crippen molar-refractivity contribution < 1.29 is 4.79 Å². The lowest BCUT2D eigenvalue weighted by atomic mass is 10.1. The molecule has 0 saturated heterocycles. The molecule has 2 rings (SSSR count). The molecule has 0 N–H and O–H groups in total. The zero-order chi connectivity index (χ0) is 19.5. The largest absolute Gasteiger partial charge is 0.323 e. The van der Waals surface area contributed by atoms with E-state index in [1.807, 2.05) is 6.08 Å². The second-order valence-corrected chi connectivity index (χ2v) is 7.25. The van der Waals surface area contributed by atoms with Crippen molar-refractivity contribution in [2.45, 2.75) is 72.4 Å². The lowest BCUT2D eigenvalue weighted by molar-refractivity contribution is -0.104. The Morgan fingerprint density at radius 3 is 2.67 bits per heavy atom. The predicted molar refractivity (Wildman–Crippen MR) is 114 cm³/mol. The Morgan fingerprint density at radius 2 is 1.96 bits per heavy atom. The first-order chi connectivity index (χ1) is 13.2. The van der Waals surface area contributed by atoms with Crippen LogP contribution in [-0.4, -0.2) is 33.8 Å². The maximum Gasteiger partial charge on any atom is 0.142 e. The fourth-order valence-electron chi connectivity index (χ4n) is 3.52. The molecule has 1 aliphatic heterocycles. The van der Waals surface area contributed by atoms with E-state index in [0.29, 0.717) is 0 Å². The van der Waals surface area contributed by atoms with Crippen molar-refractivity contribution in [1.82, 2.24) is 14.5 Å². The van der Waals surface area contributed by atoms with Crippen LogP contribution in [0.3, 0.4) is 0 Å². The smallest absolute Gasteiger partial charge is 0.142 e. The Hall–Kier alpha value is -1.94. The first-order valence-electron chi connectivity index (χ1n) is 10.5. The minimum atomic E-state index is 0.820. The molecule has 0 bridgehead atoms. The fourth-order valence-corrected chi connectivity index (χ4v) is 3.52. The highest BCUT2D eigenvalue weighted by Crippen LogP contribution is 2.22. The number of aryl methyl sites for hydroxylation is 1. The minimum absolute atomic E-state index is 0.820. The number of allylic oxidation sites excluding steroid dienone is 5. The number of fused-ring (bicyclic) bond motifs is 1. The Morgan fingerprint density at radius 1 is 1.15 bits per heavy atom. The van der Waals surface area contributed by atoms with E-state index in [2.05, 4.69) is 48.5 Å². The van der Waals surface area contributed by atoms with Crippen molar-refractivity contribution in [3.8, 4) is 0 Å². The number of hydrogen-bond acceptors (Lipinski definition) is 3. The number of aldehydes is 1. The van der Waals surface area contributed by atoms with E-state index in [9.17, 15) is 4.79 Å². The molecule has 1 aliphatic rings. The second kappa shape index (κ2) is 11.7. The molecule has 4 heteroatoms. The third-order valence-electron chi connectivity index (χ3n) is 4.95. The quantitative estimate of drug-likeness (QED) is 0.387. The van der Waals surface area contributed by atoms with Crippen LogP contribution in [0.2, 0.25) is 0 Å². The molecule has 0 radical (unpaired) electrons. The molecule has 148 valence electrons. The van der Waals surface area contributed by atoms with Gasteiger partial charge >= 0.3 is 0 Å². The number of unbranched alkanes of at least 4 members (excludes halogenated alkanes) is 2. The molecule has 27 heavy (non-hydrogen) atoms. The molecule has 1 aromatic rings. The van der Waals surface area contributed by atoms with Crippen LogP contribution in [0.5, 0.6) is 0 Å². The summed E-state index contributed by atoms with van der Waals surface area (Å²) in [6.07, 6.45) is 17.6. The number of rotatable bonds is 12. The zero-order valence-corrected chi connectivity index (χ0v) is 17.3. The molecule has 1 aromatic heterocycles. The molecule has 0 unspecified atom stereocenters. The van der Waals surface area contributed by atoms with E-state index in [4.69, 9.17) is 4.98 Å². The van der Waals surface area contributed by atoms with E-state index < -0.39 is 0 Å². The van der Waals surface area contributed by atoms with Crippen LogP contribution in [0.1, 0.15) is 70.1 Å². The number of hydrogen-bond donors (Lipinski definition) is 0. The van der Waals surface area contributed by atoms with Crippen LogP contribution in [0.25, 0.3) is 6.08 Å². The Bertz CT molecular complexity index is 682. The van der Waals surface area contributed by atoms with Crippen molar-refractivity contribution in [2.24, 2.45) is 0 Å². The first kappa shape index (κ1) is 21.4. The second-order valence-electron chi connectivity index (χ2n) is 7.25. The highest BCUT2D eigenvalue weighted by molar-refractivity contribution is 5.68. The molecule has 0 amide bonds. The van der Waals surface area contributed by atoms with E-state index in [-0.39, 0.29) is 0 Å². The summed E-state index contributed by atoms with van der Waals surface area (Å²) < 4.78 is 2.36.